The van der Waals surface area contributed by atoms with Gasteiger partial charge in [-0.1, -0.05) is 0 Å². The first-order valence-electron chi connectivity index (χ1n) is 5.20. The number of nitrogens with zero attached hydrogens (tertiary/aromatic N) is 3. The number of hydrogen-bond acceptors (Lipinski definition) is 4. The smallest absolute Gasteiger partial charge is 0.416 e. The second kappa shape index (κ2) is 5.23. The van der Waals surface area contributed by atoms with Gasteiger partial charge in [-0.25, -0.2) is 14.5 Å². The molecule has 0 fully saturated rings. The Morgan fingerprint density at radius 3 is 2.65 bits per heavy atom. The van der Waals surface area contributed by atoms with Gasteiger partial charge in [0.05, 0.1) is 18.4 Å². The topological polar surface area (TPSA) is 57.0 Å². The molecule has 106 valence electrons. The van der Waals surface area contributed by atoms with Crippen LogP contribution < -0.4 is 0 Å². The summed E-state index contributed by atoms with van der Waals surface area (Å²) in [5, 5.41) is 3.82. The van der Waals surface area contributed by atoms with Gasteiger partial charge >= 0.3 is 12.1 Å². The summed E-state index contributed by atoms with van der Waals surface area (Å²) in [4.78, 5) is 14.9. The lowest BCUT2D eigenvalue weighted by atomic mass is 10.2. The fourth-order valence-corrected chi connectivity index (χ4v) is 1.99. The summed E-state index contributed by atoms with van der Waals surface area (Å²) in [6.07, 6.45) is -3.22. The number of carbonyl (C=O) groups is 1. The number of alkyl halides is 3. The Bertz CT molecular complexity index is 655. The minimum atomic E-state index is -4.43. The highest BCUT2D eigenvalue weighted by Gasteiger charge is 2.31. The predicted octanol–water partition coefficient (Wildman–Crippen LogP) is 2.84. The van der Waals surface area contributed by atoms with Crippen LogP contribution in [-0.2, 0) is 10.9 Å². The van der Waals surface area contributed by atoms with Crippen LogP contribution in [0.5, 0.6) is 0 Å². The molecule has 1 aromatic carbocycles. The molecule has 2 rings (SSSR count). The highest BCUT2D eigenvalue weighted by atomic mass is 79.9. The van der Waals surface area contributed by atoms with Gasteiger partial charge in [0.15, 0.2) is 0 Å². The van der Waals surface area contributed by atoms with E-state index in [0.29, 0.717) is 5.69 Å². The Morgan fingerprint density at radius 2 is 2.10 bits per heavy atom. The predicted molar refractivity (Wildman–Crippen MR) is 65.4 cm³/mol. The summed E-state index contributed by atoms with van der Waals surface area (Å²) in [7, 11) is 1.18. The zero-order valence-electron chi connectivity index (χ0n) is 9.98. The molecule has 0 unspecified atom stereocenters. The fourth-order valence-electron chi connectivity index (χ4n) is 1.43. The molecule has 0 amide bonds. The van der Waals surface area contributed by atoms with Crippen LogP contribution in [0.15, 0.2) is 29.0 Å². The van der Waals surface area contributed by atoms with Gasteiger partial charge < -0.3 is 4.74 Å². The number of benzene rings is 1. The summed E-state index contributed by atoms with van der Waals surface area (Å²) in [5.74, 6) is -0.911. The van der Waals surface area contributed by atoms with Crippen LogP contribution in [-0.4, -0.2) is 27.8 Å². The number of hydrogen-bond donors (Lipinski definition) is 0. The standard InChI is InChI=1S/C11H7BrF3N3O2/c1-20-10(19)9-16-5-18(17-9)8-3-2-6(4-7(8)12)11(13,14)15/h2-5H,1H3. The van der Waals surface area contributed by atoms with Crippen molar-refractivity contribution in [3.63, 3.8) is 0 Å². The molecule has 1 heterocycles. The lowest BCUT2D eigenvalue weighted by Gasteiger charge is -2.09. The van der Waals surface area contributed by atoms with Crippen molar-refractivity contribution in [2.45, 2.75) is 6.18 Å². The molecule has 20 heavy (non-hydrogen) atoms. The van der Waals surface area contributed by atoms with E-state index >= 15 is 0 Å². The van der Waals surface area contributed by atoms with Gasteiger partial charge in [-0.2, -0.15) is 13.2 Å². The molecule has 0 aliphatic rings. The van der Waals surface area contributed by atoms with Crippen molar-refractivity contribution in [2.75, 3.05) is 7.11 Å². The van der Waals surface area contributed by atoms with Crippen molar-refractivity contribution in [3.8, 4) is 5.69 Å². The maximum Gasteiger partial charge on any atom is 0.416 e. The van der Waals surface area contributed by atoms with Crippen molar-refractivity contribution in [2.24, 2.45) is 0 Å². The third-order valence-electron chi connectivity index (χ3n) is 2.38. The quantitative estimate of drug-likeness (QED) is 0.782. The molecule has 0 saturated heterocycles. The Hall–Kier alpha value is -1.90. The average Bonchev–Trinajstić information content (AvgIpc) is 2.86. The number of carbonyl (C=O) groups excluding carboxylic acids is 1. The maximum atomic E-state index is 12.5. The molecule has 1 aromatic heterocycles. The lowest BCUT2D eigenvalue weighted by molar-refractivity contribution is -0.137. The van der Waals surface area contributed by atoms with E-state index in [1.807, 2.05) is 0 Å². The average molecular weight is 350 g/mol. The summed E-state index contributed by atoms with van der Waals surface area (Å²) >= 11 is 3.03. The molecule has 0 bridgehead atoms. The zero-order valence-corrected chi connectivity index (χ0v) is 11.6. The Labute approximate surface area is 119 Å². The SMILES string of the molecule is COC(=O)c1ncn(-c2ccc(C(F)(F)F)cc2Br)n1. The van der Waals surface area contributed by atoms with E-state index in [2.05, 4.69) is 30.7 Å². The van der Waals surface area contributed by atoms with E-state index in [0.717, 1.165) is 12.1 Å². The van der Waals surface area contributed by atoms with E-state index in [1.165, 1.54) is 24.2 Å². The van der Waals surface area contributed by atoms with Crippen molar-refractivity contribution >= 4 is 21.9 Å². The summed E-state index contributed by atoms with van der Waals surface area (Å²) in [5.41, 5.74) is -0.470. The number of rotatable bonds is 2. The summed E-state index contributed by atoms with van der Waals surface area (Å²) < 4.78 is 43.4. The summed E-state index contributed by atoms with van der Waals surface area (Å²) in [6, 6.07) is 3.07. The molecule has 2 aromatic rings. The van der Waals surface area contributed by atoms with Gasteiger partial charge in [-0.05, 0) is 34.1 Å². The van der Waals surface area contributed by atoms with E-state index < -0.39 is 17.7 Å². The van der Waals surface area contributed by atoms with Crippen molar-refractivity contribution in [3.05, 3.63) is 40.4 Å². The maximum absolute atomic E-state index is 12.5. The van der Waals surface area contributed by atoms with Crippen LogP contribution in [0.2, 0.25) is 0 Å². The minimum Gasteiger partial charge on any atom is -0.463 e. The number of methoxy groups -OCH3 is 1. The molecule has 5 nitrogen and oxygen atoms in total. The van der Waals surface area contributed by atoms with Gasteiger partial charge in [0.2, 0.25) is 0 Å². The molecular weight excluding hydrogens is 343 g/mol. The monoisotopic (exact) mass is 349 g/mol. The molecule has 0 N–H and O–H groups in total. The van der Waals surface area contributed by atoms with E-state index in [1.54, 1.807) is 0 Å². The van der Waals surface area contributed by atoms with Crippen LogP contribution in [0.3, 0.4) is 0 Å². The van der Waals surface area contributed by atoms with Gasteiger partial charge in [-0.15, -0.1) is 5.10 Å². The molecule has 0 aliphatic carbocycles. The minimum absolute atomic E-state index is 0.175. The van der Waals surface area contributed by atoms with Crippen LogP contribution in [0, 0.1) is 0 Å². The van der Waals surface area contributed by atoms with Crippen molar-refractivity contribution in [1.82, 2.24) is 14.8 Å². The first-order chi connectivity index (χ1) is 9.32. The Kier molecular flexibility index (Phi) is 3.80. The largest absolute Gasteiger partial charge is 0.463 e. The van der Waals surface area contributed by atoms with E-state index in [9.17, 15) is 18.0 Å². The lowest BCUT2D eigenvalue weighted by Crippen LogP contribution is -2.07. The third-order valence-corrected chi connectivity index (χ3v) is 3.02. The van der Waals surface area contributed by atoms with Crippen LogP contribution in [0.4, 0.5) is 13.2 Å². The molecule has 0 atom stereocenters. The highest BCUT2D eigenvalue weighted by Crippen LogP contribution is 2.33. The van der Waals surface area contributed by atoms with Crippen LogP contribution >= 0.6 is 15.9 Å². The Balaban J connectivity index is 2.39. The van der Waals surface area contributed by atoms with Gasteiger partial charge in [-0.3, -0.25) is 0 Å². The first-order valence-corrected chi connectivity index (χ1v) is 5.99. The molecule has 0 spiro atoms. The normalized spacial score (nSPS) is 11.4. The molecular formula is C11H7BrF3N3O2. The number of halogens is 4. The second-order valence-electron chi connectivity index (χ2n) is 3.67. The van der Waals surface area contributed by atoms with Gasteiger partial charge in [0.1, 0.15) is 6.33 Å². The van der Waals surface area contributed by atoms with Crippen LogP contribution in [0.1, 0.15) is 16.2 Å². The zero-order chi connectivity index (χ0) is 14.9. The van der Waals surface area contributed by atoms with Gasteiger partial charge in [0, 0.05) is 4.47 Å². The molecule has 0 radical (unpaired) electrons. The van der Waals surface area contributed by atoms with E-state index in [4.69, 9.17) is 0 Å². The highest BCUT2D eigenvalue weighted by molar-refractivity contribution is 9.10. The van der Waals surface area contributed by atoms with Crippen molar-refractivity contribution < 1.29 is 22.7 Å². The van der Waals surface area contributed by atoms with Crippen LogP contribution in [0.25, 0.3) is 5.69 Å². The number of ether oxygens (including phenoxy) is 1. The van der Waals surface area contributed by atoms with Gasteiger partial charge in [0.25, 0.3) is 5.82 Å². The molecule has 0 aliphatic heterocycles. The first kappa shape index (κ1) is 14.5. The second-order valence-corrected chi connectivity index (χ2v) is 4.52. The molecule has 0 saturated carbocycles. The third kappa shape index (κ3) is 2.82. The Morgan fingerprint density at radius 1 is 1.40 bits per heavy atom. The fraction of sp³-hybridized carbons (Fsp3) is 0.182. The van der Waals surface area contributed by atoms with E-state index in [-0.39, 0.29) is 10.3 Å². The number of esters is 1. The van der Waals surface area contributed by atoms with Crippen molar-refractivity contribution in [1.29, 1.82) is 0 Å². The summed E-state index contributed by atoms with van der Waals surface area (Å²) in [6.45, 7) is 0. The molecule has 9 heteroatoms. The number of aromatic nitrogens is 3.